The summed E-state index contributed by atoms with van der Waals surface area (Å²) < 4.78 is 0. The van der Waals surface area contributed by atoms with E-state index in [0.29, 0.717) is 0 Å². The highest BCUT2D eigenvalue weighted by Crippen LogP contribution is 2.06. The van der Waals surface area contributed by atoms with E-state index in [1.54, 1.807) is 0 Å². The number of aryl methyl sites for hydroxylation is 4. The van der Waals surface area contributed by atoms with Gasteiger partial charge in [0, 0.05) is 75.3 Å². The topological polar surface area (TPSA) is 201 Å². The molecular formula is C34H40N4O8. The van der Waals surface area contributed by atoms with Crippen molar-refractivity contribution in [2.24, 2.45) is 0 Å². The molecule has 0 atom stereocenters. The summed E-state index contributed by atoms with van der Waals surface area (Å²) in [7, 11) is 0. The van der Waals surface area contributed by atoms with E-state index in [1.807, 2.05) is 49.6 Å². The molecule has 0 unspecified atom stereocenters. The van der Waals surface area contributed by atoms with E-state index in [9.17, 15) is 19.2 Å². The predicted octanol–water partition coefficient (Wildman–Crippen LogP) is 5.18. The molecule has 0 aromatic carbocycles. The lowest BCUT2D eigenvalue weighted by atomic mass is 10.1. The molecule has 0 fully saturated rings. The zero-order valence-electron chi connectivity index (χ0n) is 25.5. The third kappa shape index (κ3) is 23.0. The Morgan fingerprint density at radius 3 is 0.696 bits per heavy atom. The van der Waals surface area contributed by atoms with E-state index in [4.69, 9.17) is 20.4 Å². The summed E-state index contributed by atoms with van der Waals surface area (Å²) in [5, 5.41) is 32.1. The fourth-order valence-corrected chi connectivity index (χ4v) is 3.56. The zero-order valence-corrected chi connectivity index (χ0v) is 25.5. The average molecular weight is 633 g/mol. The van der Waals surface area contributed by atoms with Gasteiger partial charge in [-0.25, -0.2) is 0 Å². The number of hydrogen-bond donors (Lipinski definition) is 4. The first-order valence-electron chi connectivity index (χ1n) is 14.6. The van der Waals surface area contributed by atoms with E-state index in [0.717, 1.165) is 25.7 Å². The monoisotopic (exact) mass is 632 g/mol. The van der Waals surface area contributed by atoms with Crippen LogP contribution in [0, 0.1) is 0 Å². The normalized spacial score (nSPS) is 9.57. The lowest BCUT2D eigenvalue weighted by Crippen LogP contribution is -1.98. The number of carboxylic acid groups (broad SMARTS) is 4. The van der Waals surface area contributed by atoms with Crippen LogP contribution in [-0.4, -0.2) is 64.2 Å². The highest BCUT2D eigenvalue weighted by molar-refractivity contribution is 5.70. The molecule has 0 amide bonds. The quantitative estimate of drug-likeness (QED) is 0.142. The van der Waals surface area contributed by atoms with Gasteiger partial charge in [0.05, 0.1) is 0 Å². The van der Waals surface area contributed by atoms with E-state index in [1.165, 1.54) is 22.3 Å². The van der Waals surface area contributed by atoms with Crippen LogP contribution in [0.5, 0.6) is 0 Å². The van der Waals surface area contributed by atoms with Crippen molar-refractivity contribution in [3.05, 3.63) is 120 Å². The molecule has 0 saturated heterocycles. The van der Waals surface area contributed by atoms with Crippen LogP contribution in [0.3, 0.4) is 0 Å². The average Bonchev–Trinajstić information content (AvgIpc) is 3.05. The Morgan fingerprint density at radius 1 is 0.370 bits per heavy atom. The number of carboxylic acids is 4. The van der Waals surface area contributed by atoms with Gasteiger partial charge in [0.2, 0.25) is 0 Å². The first kappa shape index (κ1) is 38.5. The summed E-state index contributed by atoms with van der Waals surface area (Å²) in [6.07, 6.45) is 19.1. The summed E-state index contributed by atoms with van der Waals surface area (Å²) in [5.41, 5.74) is 5.32. The van der Waals surface area contributed by atoms with Crippen molar-refractivity contribution in [2.75, 3.05) is 0 Å². The largest absolute Gasteiger partial charge is 0.481 e. The van der Waals surface area contributed by atoms with Crippen molar-refractivity contribution in [3.8, 4) is 0 Å². The van der Waals surface area contributed by atoms with Crippen LogP contribution in [0.15, 0.2) is 98.1 Å². The molecule has 4 rings (SSSR count). The molecule has 244 valence electrons. The molecule has 4 aromatic rings. The van der Waals surface area contributed by atoms with Gasteiger partial charge in [0.1, 0.15) is 0 Å². The molecule has 12 heteroatoms. The fourth-order valence-electron chi connectivity index (χ4n) is 3.56. The molecule has 4 N–H and O–H groups in total. The van der Waals surface area contributed by atoms with Crippen LogP contribution >= 0.6 is 0 Å². The second-order valence-electron chi connectivity index (χ2n) is 9.70. The van der Waals surface area contributed by atoms with E-state index >= 15 is 0 Å². The highest BCUT2D eigenvalue weighted by Gasteiger charge is 2.00. The maximum absolute atomic E-state index is 9.79. The van der Waals surface area contributed by atoms with Crippen molar-refractivity contribution in [2.45, 2.75) is 64.2 Å². The van der Waals surface area contributed by atoms with E-state index in [2.05, 4.69) is 68.5 Å². The van der Waals surface area contributed by atoms with Crippen LogP contribution in [0.1, 0.15) is 60.8 Å². The summed E-state index contributed by atoms with van der Waals surface area (Å²) >= 11 is 0. The molecule has 0 radical (unpaired) electrons. The third-order valence-electron chi connectivity index (χ3n) is 5.96. The van der Waals surface area contributed by atoms with Gasteiger partial charge in [-0.3, -0.25) is 39.1 Å². The van der Waals surface area contributed by atoms with Gasteiger partial charge >= 0.3 is 23.9 Å². The molecule has 0 spiro atoms. The number of pyridine rings is 4. The van der Waals surface area contributed by atoms with Gasteiger partial charge in [-0.05, 0) is 109 Å². The molecule has 4 aromatic heterocycles. The second-order valence-corrected chi connectivity index (χ2v) is 9.70. The number of carbonyl (C=O) groups is 4. The third-order valence-corrected chi connectivity index (χ3v) is 5.96. The van der Waals surface area contributed by atoms with Crippen molar-refractivity contribution < 1.29 is 39.6 Å². The van der Waals surface area contributed by atoms with Crippen molar-refractivity contribution in [1.29, 1.82) is 0 Å². The predicted molar refractivity (Wildman–Crippen MR) is 170 cm³/mol. The molecule has 0 aliphatic rings. The number of aromatic nitrogens is 4. The maximum atomic E-state index is 9.79. The van der Waals surface area contributed by atoms with Crippen LogP contribution in [0.4, 0.5) is 0 Å². The van der Waals surface area contributed by atoms with E-state index < -0.39 is 23.9 Å². The molecule has 0 aliphatic heterocycles. The second kappa shape index (κ2) is 24.9. The summed E-state index contributed by atoms with van der Waals surface area (Å²) in [5.74, 6) is -3.79. The van der Waals surface area contributed by atoms with Crippen molar-refractivity contribution in [3.63, 3.8) is 0 Å². The summed E-state index contributed by atoms with van der Waals surface area (Å²) in [6.45, 7) is 0. The van der Waals surface area contributed by atoms with Gasteiger partial charge in [-0.15, -0.1) is 0 Å². The highest BCUT2D eigenvalue weighted by atomic mass is 16.4. The Balaban J connectivity index is 0.000000315. The fraction of sp³-hybridized carbons (Fsp3) is 0.294. The van der Waals surface area contributed by atoms with Crippen LogP contribution in [0.25, 0.3) is 0 Å². The summed E-state index contributed by atoms with van der Waals surface area (Å²) in [6, 6.07) is 16.5. The minimum absolute atomic E-state index is 0.0632. The number of aliphatic carboxylic acids is 4. The van der Waals surface area contributed by atoms with Crippen LogP contribution in [-0.2, 0) is 44.9 Å². The number of rotatable bonds is 14. The smallest absolute Gasteiger partial charge is 0.303 e. The zero-order chi connectivity index (χ0) is 33.8. The molecule has 0 aliphatic carbocycles. The number of hydrogen-bond acceptors (Lipinski definition) is 8. The van der Waals surface area contributed by atoms with Gasteiger partial charge in [-0.1, -0.05) is 0 Å². The first-order chi connectivity index (χ1) is 22.2. The lowest BCUT2D eigenvalue weighted by molar-refractivity contribution is -0.140. The Hall–Kier alpha value is -5.52. The molecule has 12 nitrogen and oxygen atoms in total. The molecule has 4 heterocycles. The Labute approximate surface area is 267 Å². The molecule has 0 saturated carbocycles. The summed E-state index contributed by atoms with van der Waals surface area (Å²) in [4.78, 5) is 55.1. The van der Waals surface area contributed by atoms with Gasteiger partial charge in [-0.2, -0.15) is 0 Å². The maximum Gasteiger partial charge on any atom is 0.303 e. The van der Waals surface area contributed by atoms with Crippen LogP contribution in [0.2, 0.25) is 0 Å². The Kier molecular flexibility index (Phi) is 20.8. The minimum atomic E-state index is -0.948. The Morgan fingerprint density at radius 2 is 0.543 bits per heavy atom. The minimum Gasteiger partial charge on any atom is -0.481 e. The van der Waals surface area contributed by atoms with Crippen LogP contribution < -0.4 is 0 Å². The standard InChI is InChI=1S/2C12H12N2.2C5H8O4/c2*1(11-3-7-13-8-4-11)2-12-5-9-14-10-6-12;2*6-4(7)2-1-3-5(8)9/h2*3-10H,1-2H2;2*1-3H2,(H,6,7)(H,8,9). The van der Waals surface area contributed by atoms with Crippen molar-refractivity contribution in [1.82, 2.24) is 19.9 Å². The molecule has 0 bridgehead atoms. The number of nitrogens with zero attached hydrogens (tertiary/aromatic N) is 4. The lowest BCUT2D eigenvalue weighted by Gasteiger charge is -2.00. The first-order valence-corrected chi connectivity index (χ1v) is 14.6. The SMILES string of the molecule is O=C(O)CCCC(=O)O.O=C(O)CCCC(=O)O.c1cc(CCc2ccncc2)ccn1.c1cc(CCc2ccncc2)ccn1. The van der Waals surface area contributed by atoms with Gasteiger partial charge in [0.15, 0.2) is 0 Å². The molecule has 46 heavy (non-hydrogen) atoms. The van der Waals surface area contributed by atoms with Gasteiger partial charge in [0.25, 0.3) is 0 Å². The van der Waals surface area contributed by atoms with Gasteiger partial charge < -0.3 is 20.4 Å². The van der Waals surface area contributed by atoms with E-state index in [-0.39, 0.29) is 38.5 Å². The molecular weight excluding hydrogens is 592 g/mol. The van der Waals surface area contributed by atoms with Crippen molar-refractivity contribution >= 4 is 23.9 Å². The Bertz CT molecular complexity index is 1180.